The lowest BCUT2D eigenvalue weighted by Gasteiger charge is -2.33. The van der Waals surface area contributed by atoms with Crippen molar-refractivity contribution in [2.45, 2.75) is 13.1 Å². The first-order chi connectivity index (χ1) is 13.4. The Balaban J connectivity index is 1.73. The highest BCUT2D eigenvalue weighted by atomic mass is 19.4. The van der Waals surface area contributed by atoms with Crippen LogP contribution in [0.15, 0.2) is 34.9 Å². The van der Waals surface area contributed by atoms with E-state index in [9.17, 15) is 18.0 Å². The molecule has 0 radical (unpaired) electrons. The van der Waals surface area contributed by atoms with Crippen LogP contribution >= 0.6 is 0 Å². The van der Waals surface area contributed by atoms with Crippen molar-refractivity contribution in [3.8, 4) is 11.5 Å². The quantitative estimate of drug-likeness (QED) is 0.685. The summed E-state index contributed by atoms with van der Waals surface area (Å²) in [6.07, 6.45) is -3.31. The minimum absolute atomic E-state index is 0.0280. The van der Waals surface area contributed by atoms with Crippen LogP contribution < -0.4 is 0 Å². The molecule has 0 atom stereocenters. The van der Waals surface area contributed by atoms with Gasteiger partial charge in [0.15, 0.2) is 22.8 Å². The first-order valence-corrected chi connectivity index (χ1v) is 8.90. The number of hydrogen-bond donors (Lipinski definition) is 0. The summed E-state index contributed by atoms with van der Waals surface area (Å²) in [4.78, 5) is 20.7. The van der Waals surface area contributed by atoms with Crippen LogP contribution in [0, 0.1) is 0 Å². The smallest absolute Gasteiger partial charge is 0.433 e. The molecule has 1 fully saturated rings. The molecule has 7 nitrogen and oxygen atoms in total. The number of fused-ring (bicyclic) bond motifs is 1. The Morgan fingerprint density at radius 1 is 1.21 bits per heavy atom. The van der Waals surface area contributed by atoms with Gasteiger partial charge in [-0.3, -0.25) is 4.79 Å². The average molecular weight is 393 g/mol. The molecule has 1 aliphatic heterocycles. The van der Waals surface area contributed by atoms with Crippen molar-refractivity contribution in [3.05, 3.63) is 41.9 Å². The molecule has 4 heterocycles. The minimum Gasteiger partial charge on any atom is -0.463 e. The fourth-order valence-corrected chi connectivity index (χ4v) is 3.26. The minimum atomic E-state index is -4.67. The first kappa shape index (κ1) is 18.5. The lowest BCUT2D eigenvalue weighted by atomic mass is 10.2. The topological polar surface area (TPSA) is 66.9 Å². The van der Waals surface area contributed by atoms with Gasteiger partial charge in [-0.05, 0) is 24.7 Å². The number of hydrogen-bond acceptors (Lipinski definition) is 5. The fourth-order valence-electron chi connectivity index (χ4n) is 3.26. The lowest BCUT2D eigenvalue weighted by molar-refractivity contribution is -0.142. The summed E-state index contributed by atoms with van der Waals surface area (Å²) in [7, 11) is 0. The predicted octanol–water partition coefficient (Wildman–Crippen LogP) is 2.79. The molecular weight excluding hydrogens is 375 g/mol. The molecule has 0 aliphatic carbocycles. The molecule has 0 unspecified atom stereocenters. The molecule has 28 heavy (non-hydrogen) atoms. The molecule has 0 saturated carbocycles. The number of carbonyl (C=O) groups is 1. The van der Waals surface area contributed by atoms with Gasteiger partial charge in [-0.1, -0.05) is 6.92 Å². The summed E-state index contributed by atoms with van der Waals surface area (Å²) in [5, 5.41) is 3.91. The van der Waals surface area contributed by atoms with Crippen LogP contribution in [0.5, 0.6) is 0 Å². The third kappa shape index (κ3) is 3.35. The highest BCUT2D eigenvalue weighted by Gasteiger charge is 2.36. The summed E-state index contributed by atoms with van der Waals surface area (Å²) < 4.78 is 46.5. The molecule has 3 aromatic rings. The van der Waals surface area contributed by atoms with Gasteiger partial charge in [0.05, 0.1) is 6.26 Å². The van der Waals surface area contributed by atoms with Crippen molar-refractivity contribution in [2.24, 2.45) is 0 Å². The van der Waals surface area contributed by atoms with Crippen LogP contribution in [-0.4, -0.2) is 63.0 Å². The second kappa shape index (κ2) is 6.93. The van der Waals surface area contributed by atoms with E-state index in [1.54, 1.807) is 11.0 Å². The second-order valence-electron chi connectivity index (χ2n) is 6.53. The second-order valence-corrected chi connectivity index (χ2v) is 6.53. The number of nitrogens with zero attached hydrogens (tertiary/aromatic N) is 5. The molecular formula is C18H18F3N5O2. The van der Waals surface area contributed by atoms with E-state index < -0.39 is 17.8 Å². The lowest BCUT2D eigenvalue weighted by Crippen LogP contribution is -2.48. The first-order valence-electron chi connectivity index (χ1n) is 8.90. The summed E-state index contributed by atoms with van der Waals surface area (Å²) in [6.45, 7) is 5.41. The average Bonchev–Trinajstić information content (AvgIpc) is 3.35. The monoisotopic (exact) mass is 393 g/mol. The number of amides is 1. The van der Waals surface area contributed by atoms with Crippen LogP contribution in [0.25, 0.3) is 17.1 Å². The Morgan fingerprint density at radius 2 is 1.96 bits per heavy atom. The van der Waals surface area contributed by atoms with Gasteiger partial charge in [-0.25, -0.2) is 9.50 Å². The van der Waals surface area contributed by atoms with Crippen LogP contribution in [-0.2, 0) is 6.18 Å². The van der Waals surface area contributed by atoms with Crippen molar-refractivity contribution in [3.63, 3.8) is 0 Å². The summed E-state index contributed by atoms with van der Waals surface area (Å²) in [5.41, 5.74) is -1.10. The van der Waals surface area contributed by atoms with Gasteiger partial charge in [0.25, 0.3) is 5.91 Å². The van der Waals surface area contributed by atoms with E-state index in [-0.39, 0.29) is 22.8 Å². The van der Waals surface area contributed by atoms with Gasteiger partial charge < -0.3 is 14.2 Å². The van der Waals surface area contributed by atoms with Crippen molar-refractivity contribution in [1.29, 1.82) is 0 Å². The Labute approximate surface area is 158 Å². The molecule has 3 aromatic heterocycles. The van der Waals surface area contributed by atoms with Crippen LogP contribution in [0.4, 0.5) is 13.2 Å². The summed E-state index contributed by atoms with van der Waals surface area (Å²) in [5.74, 6) is -0.188. The molecule has 1 aliphatic rings. The Hall–Kier alpha value is -2.88. The van der Waals surface area contributed by atoms with Crippen molar-refractivity contribution < 1.29 is 22.4 Å². The highest BCUT2D eigenvalue weighted by Crippen LogP contribution is 2.32. The Kier molecular flexibility index (Phi) is 4.58. The summed E-state index contributed by atoms with van der Waals surface area (Å²) in [6, 6.07) is 5.24. The van der Waals surface area contributed by atoms with Gasteiger partial charge in [0.2, 0.25) is 0 Å². The van der Waals surface area contributed by atoms with E-state index in [1.807, 2.05) is 6.92 Å². The number of aromatic nitrogens is 3. The number of furan rings is 1. The standard InChI is InChI=1S/C18H18F3N5O2/c1-2-24-5-7-25(8-6-24)17(27)13-11-16-22-12(14-4-3-9-28-14)10-15(18(19,20)21)26(16)23-13/h3-4,9-11H,2,5-8H2,1H3. The zero-order chi connectivity index (χ0) is 19.9. The van der Waals surface area contributed by atoms with Crippen LogP contribution in [0.3, 0.4) is 0 Å². The van der Waals surface area contributed by atoms with E-state index >= 15 is 0 Å². The number of carbonyl (C=O) groups excluding carboxylic acids is 1. The molecule has 1 saturated heterocycles. The van der Waals surface area contributed by atoms with E-state index in [2.05, 4.69) is 15.0 Å². The zero-order valence-corrected chi connectivity index (χ0v) is 15.1. The largest absolute Gasteiger partial charge is 0.463 e. The maximum Gasteiger partial charge on any atom is 0.433 e. The van der Waals surface area contributed by atoms with Gasteiger partial charge in [0, 0.05) is 32.2 Å². The van der Waals surface area contributed by atoms with Crippen LogP contribution in [0.1, 0.15) is 23.1 Å². The van der Waals surface area contributed by atoms with Gasteiger partial charge in [-0.2, -0.15) is 18.3 Å². The number of rotatable bonds is 3. The number of piperazine rings is 1. The van der Waals surface area contributed by atoms with Crippen molar-refractivity contribution >= 4 is 11.6 Å². The number of alkyl halides is 3. The molecule has 10 heteroatoms. The van der Waals surface area contributed by atoms with Gasteiger partial charge in [-0.15, -0.1) is 0 Å². The van der Waals surface area contributed by atoms with Crippen LogP contribution in [0.2, 0.25) is 0 Å². The highest BCUT2D eigenvalue weighted by molar-refractivity contribution is 5.93. The zero-order valence-electron chi connectivity index (χ0n) is 15.1. The SMILES string of the molecule is CCN1CCN(C(=O)c2cc3nc(-c4ccco4)cc(C(F)(F)F)n3n2)CC1. The van der Waals surface area contributed by atoms with Crippen molar-refractivity contribution in [2.75, 3.05) is 32.7 Å². The molecule has 148 valence electrons. The fraction of sp³-hybridized carbons (Fsp3) is 0.389. The maximum atomic E-state index is 13.6. The molecule has 4 rings (SSSR count). The predicted molar refractivity (Wildman–Crippen MR) is 93.7 cm³/mol. The summed E-state index contributed by atoms with van der Waals surface area (Å²) >= 11 is 0. The molecule has 0 aromatic carbocycles. The van der Waals surface area contributed by atoms with E-state index in [4.69, 9.17) is 4.42 Å². The molecule has 0 spiro atoms. The van der Waals surface area contributed by atoms with E-state index in [1.165, 1.54) is 18.4 Å². The Morgan fingerprint density at radius 3 is 2.57 bits per heavy atom. The van der Waals surface area contributed by atoms with Gasteiger partial charge in [0.1, 0.15) is 5.69 Å². The van der Waals surface area contributed by atoms with Crippen molar-refractivity contribution in [1.82, 2.24) is 24.4 Å². The third-order valence-electron chi connectivity index (χ3n) is 4.82. The molecule has 0 bridgehead atoms. The number of likely N-dealkylation sites (N-methyl/N-ethyl adjacent to an activating group) is 1. The van der Waals surface area contributed by atoms with E-state index in [0.717, 1.165) is 25.7 Å². The van der Waals surface area contributed by atoms with E-state index in [0.29, 0.717) is 17.6 Å². The normalized spacial score (nSPS) is 16.1. The Bertz CT molecular complexity index is 989. The van der Waals surface area contributed by atoms with Gasteiger partial charge >= 0.3 is 6.18 Å². The molecule has 1 amide bonds. The number of halogens is 3. The third-order valence-corrected chi connectivity index (χ3v) is 4.82. The maximum absolute atomic E-state index is 13.6. The molecule has 0 N–H and O–H groups in total.